The summed E-state index contributed by atoms with van der Waals surface area (Å²) >= 11 is 0. The van der Waals surface area contributed by atoms with E-state index >= 15 is 0 Å². The molecule has 1 unspecified atom stereocenters. The van der Waals surface area contributed by atoms with Gasteiger partial charge in [0, 0.05) is 6.42 Å². The number of fused-ring (bicyclic) bond motifs is 1. The Morgan fingerprint density at radius 1 is 1.43 bits per heavy atom. The van der Waals surface area contributed by atoms with Crippen LogP contribution in [-0.4, -0.2) is 12.6 Å². The minimum Gasteiger partial charge on any atom is -0.470 e. The summed E-state index contributed by atoms with van der Waals surface area (Å²) in [5, 5.41) is 2.66. The molecule has 1 atom stereocenters. The fraction of sp³-hybridized carbons (Fsp3) is 0.364. The lowest BCUT2D eigenvalue weighted by molar-refractivity contribution is -0.111. The van der Waals surface area contributed by atoms with E-state index in [2.05, 4.69) is 11.4 Å². The van der Waals surface area contributed by atoms with Crippen LogP contribution in [0, 0.1) is 0 Å². The number of aryl methyl sites for hydroxylation is 1. The molecule has 1 aliphatic heterocycles. The van der Waals surface area contributed by atoms with E-state index in [1.54, 1.807) is 0 Å². The van der Waals surface area contributed by atoms with E-state index in [0.29, 0.717) is 6.41 Å². The molecular formula is C11H13NO2. The van der Waals surface area contributed by atoms with Crippen LogP contribution >= 0.6 is 0 Å². The molecular weight excluding hydrogens is 178 g/mol. The van der Waals surface area contributed by atoms with Crippen LogP contribution in [0.2, 0.25) is 0 Å². The SMILES string of the molecule is O=CNC1CCCc2ccccc2O1. The standard InChI is InChI=1S/C11H13NO2/c13-8-12-11-7-3-5-9-4-1-2-6-10(9)14-11/h1-2,4,6,8,11H,3,5,7H2,(H,12,13). The first kappa shape index (κ1) is 9.06. The Hall–Kier alpha value is -1.51. The van der Waals surface area contributed by atoms with Gasteiger partial charge in [-0.05, 0) is 24.5 Å². The summed E-state index contributed by atoms with van der Waals surface area (Å²) in [6.07, 6.45) is 3.46. The lowest BCUT2D eigenvalue weighted by atomic mass is 10.1. The van der Waals surface area contributed by atoms with Gasteiger partial charge in [0.05, 0.1) is 0 Å². The molecule has 1 aromatic rings. The Bertz CT molecular complexity index is 325. The normalized spacial score (nSPS) is 20.1. The number of amides is 1. The van der Waals surface area contributed by atoms with Crippen LogP contribution in [0.25, 0.3) is 0 Å². The van der Waals surface area contributed by atoms with Gasteiger partial charge in [-0.15, -0.1) is 0 Å². The predicted molar refractivity (Wildman–Crippen MR) is 53.0 cm³/mol. The van der Waals surface area contributed by atoms with Crippen molar-refractivity contribution < 1.29 is 9.53 Å². The highest BCUT2D eigenvalue weighted by Crippen LogP contribution is 2.25. The Kier molecular flexibility index (Phi) is 2.68. The number of rotatable bonds is 2. The number of benzene rings is 1. The van der Waals surface area contributed by atoms with Crippen molar-refractivity contribution in [1.82, 2.24) is 5.32 Å². The summed E-state index contributed by atoms with van der Waals surface area (Å²) in [5.74, 6) is 0.893. The van der Waals surface area contributed by atoms with Gasteiger partial charge in [0.15, 0.2) is 6.23 Å². The molecule has 2 rings (SSSR count). The van der Waals surface area contributed by atoms with Crippen molar-refractivity contribution in [2.24, 2.45) is 0 Å². The van der Waals surface area contributed by atoms with Gasteiger partial charge < -0.3 is 10.1 Å². The van der Waals surface area contributed by atoms with Crippen LogP contribution in [0.5, 0.6) is 5.75 Å². The third-order valence-corrected chi connectivity index (χ3v) is 2.41. The number of hydrogen-bond donors (Lipinski definition) is 1. The molecule has 0 saturated heterocycles. The molecule has 0 radical (unpaired) electrons. The number of para-hydroxylation sites is 1. The van der Waals surface area contributed by atoms with E-state index in [-0.39, 0.29) is 6.23 Å². The predicted octanol–water partition coefficient (Wildman–Crippen LogP) is 1.47. The third kappa shape index (κ3) is 1.87. The van der Waals surface area contributed by atoms with E-state index in [9.17, 15) is 4.79 Å². The van der Waals surface area contributed by atoms with Crippen molar-refractivity contribution in [3.05, 3.63) is 29.8 Å². The van der Waals surface area contributed by atoms with Crippen molar-refractivity contribution in [1.29, 1.82) is 0 Å². The molecule has 0 fully saturated rings. The van der Waals surface area contributed by atoms with E-state index in [1.165, 1.54) is 5.56 Å². The van der Waals surface area contributed by atoms with E-state index < -0.39 is 0 Å². The molecule has 0 aliphatic carbocycles. The molecule has 3 nitrogen and oxygen atoms in total. The summed E-state index contributed by atoms with van der Waals surface area (Å²) in [5.41, 5.74) is 1.22. The van der Waals surface area contributed by atoms with Crippen molar-refractivity contribution >= 4 is 6.41 Å². The van der Waals surface area contributed by atoms with E-state index in [4.69, 9.17) is 4.74 Å². The van der Waals surface area contributed by atoms with Crippen molar-refractivity contribution in [2.45, 2.75) is 25.5 Å². The molecule has 0 spiro atoms. The Morgan fingerprint density at radius 3 is 3.14 bits per heavy atom. The number of carbonyl (C=O) groups is 1. The van der Waals surface area contributed by atoms with Gasteiger partial charge in [-0.1, -0.05) is 18.2 Å². The van der Waals surface area contributed by atoms with Crippen molar-refractivity contribution in [3.63, 3.8) is 0 Å². The quantitative estimate of drug-likeness (QED) is 0.719. The third-order valence-electron chi connectivity index (χ3n) is 2.41. The highest BCUT2D eigenvalue weighted by atomic mass is 16.5. The smallest absolute Gasteiger partial charge is 0.209 e. The van der Waals surface area contributed by atoms with Gasteiger partial charge in [0.2, 0.25) is 6.41 Å². The van der Waals surface area contributed by atoms with Gasteiger partial charge in [-0.25, -0.2) is 0 Å². The number of hydrogen-bond acceptors (Lipinski definition) is 2. The average Bonchev–Trinajstić information content (AvgIpc) is 2.40. The number of carbonyl (C=O) groups excluding carboxylic acids is 1. The summed E-state index contributed by atoms with van der Waals surface area (Å²) in [7, 11) is 0. The van der Waals surface area contributed by atoms with Gasteiger partial charge in [0.1, 0.15) is 5.75 Å². The molecule has 1 aliphatic rings. The summed E-state index contributed by atoms with van der Waals surface area (Å²) in [6.45, 7) is 0. The van der Waals surface area contributed by atoms with Crippen LogP contribution < -0.4 is 10.1 Å². The molecule has 1 aromatic carbocycles. The molecule has 1 N–H and O–H groups in total. The van der Waals surface area contributed by atoms with Gasteiger partial charge >= 0.3 is 0 Å². The minimum absolute atomic E-state index is 0.170. The lowest BCUT2D eigenvalue weighted by Crippen LogP contribution is -2.32. The first-order valence-electron chi connectivity index (χ1n) is 4.84. The molecule has 0 bridgehead atoms. The van der Waals surface area contributed by atoms with Crippen LogP contribution in [0.1, 0.15) is 18.4 Å². The highest BCUT2D eigenvalue weighted by Gasteiger charge is 2.15. The van der Waals surface area contributed by atoms with Crippen molar-refractivity contribution in [2.75, 3.05) is 0 Å². The first-order chi connectivity index (χ1) is 6.90. The average molecular weight is 191 g/mol. The molecule has 3 heteroatoms. The fourth-order valence-electron chi connectivity index (χ4n) is 1.71. The Balaban J connectivity index is 2.17. The fourth-order valence-corrected chi connectivity index (χ4v) is 1.71. The molecule has 0 aromatic heterocycles. The molecule has 74 valence electrons. The molecule has 1 heterocycles. The Morgan fingerprint density at radius 2 is 2.29 bits per heavy atom. The van der Waals surface area contributed by atoms with E-state index in [0.717, 1.165) is 25.0 Å². The maximum atomic E-state index is 10.3. The molecule has 0 saturated carbocycles. The maximum Gasteiger partial charge on any atom is 0.209 e. The van der Waals surface area contributed by atoms with Crippen LogP contribution in [0.4, 0.5) is 0 Å². The van der Waals surface area contributed by atoms with Gasteiger partial charge in [-0.2, -0.15) is 0 Å². The Labute approximate surface area is 83.1 Å². The molecule has 14 heavy (non-hydrogen) atoms. The molecule has 1 amide bonds. The zero-order valence-corrected chi connectivity index (χ0v) is 7.90. The van der Waals surface area contributed by atoms with Crippen LogP contribution in [-0.2, 0) is 11.2 Å². The second kappa shape index (κ2) is 4.13. The summed E-state index contributed by atoms with van der Waals surface area (Å²) < 4.78 is 5.65. The summed E-state index contributed by atoms with van der Waals surface area (Å²) in [4.78, 5) is 10.3. The zero-order chi connectivity index (χ0) is 9.80. The summed E-state index contributed by atoms with van der Waals surface area (Å²) in [6, 6.07) is 7.97. The maximum absolute atomic E-state index is 10.3. The second-order valence-electron chi connectivity index (χ2n) is 3.39. The first-order valence-corrected chi connectivity index (χ1v) is 4.84. The number of ether oxygens (including phenoxy) is 1. The zero-order valence-electron chi connectivity index (χ0n) is 7.90. The van der Waals surface area contributed by atoms with Crippen LogP contribution in [0.3, 0.4) is 0 Å². The van der Waals surface area contributed by atoms with Crippen LogP contribution in [0.15, 0.2) is 24.3 Å². The van der Waals surface area contributed by atoms with Crippen molar-refractivity contribution in [3.8, 4) is 5.75 Å². The minimum atomic E-state index is -0.170. The van der Waals surface area contributed by atoms with Gasteiger partial charge in [-0.3, -0.25) is 4.79 Å². The van der Waals surface area contributed by atoms with Gasteiger partial charge in [0.25, 0.3) is 0 Å². The number of nitrogens with one attached hydrogen (secondary N) is 1. The highest BCUT2D eigenvalue weighted by molar-refractivity contribution is 5.46. The monoisotopic (exact) mass is 191 g/mol. The second-order valence-corrected chi connectivity index (χ2v) is 3.39. The van der Waals surface area contributed by atoms with E-state index in [1.807, 2.05) is 18.2 Å². The topological polar surface area (TPSA) is 38.3 Å². The lowest BCUT2D eigenvalue weighted by Gasteiger charge is -2.15. The largest absolute Gasteiger partial charge is 0.470 e.